The molecule has 162 valence electrons. The average Bonchev–Trinajstić information content (AvgIpc) is 3.22. The molecule has 30 heavy (non-hydrogen) atoms. The van der Waals surface area contributed by atoms with Gasteiger partial charge < -0.3 is 5.32 Å². The molecule has 1 amide bonds. The summed E-state index contributed by atoms with van der Waals surface area (Å²) in [6.45, 7) is 1.65. The van der Waals surface area contributed by atoms with Crippen molar-refractivity contribution >= 4 is 48.9 Å². The molecule has 1 fully saturated rings. The number of amides is 1. The van der Waals surface area contributed by atoms with Gasteiger partial charge in [-0.15, -0.1) is 0 Å². The molecule has 5 nitrogen and oxygen atoms in total. The second-order valence-corrected chi connectivity index (χ2v) is 11.6. The standard InChI is InChI=1S/C21H25FN2O3S3/c1-15-10-11-16(23-21(25)9-5-2-6-17-12-13-28-29-17)14-20(15)30(26,27)24-19-8-4-3-7-18(19)22/h3-4,7-8,10-11,14,17,24H,2,5-6,9,12-13H2,1H3,(H,23,25). The van der Waals surface area contributed by atoms with E-state index < -0.39 is 15.8 Å². The SMILES string of the molecule is Cc1ccc(NC(=O)CCCCC2CCSS2)cc1S(=O)(=O)Nc1ccccc1F. The molecule has 1 atom stereocenters. The van der Waals surface area contributed by atoms with E-state index in [1.54, 1.807) is 25.1 Å². The topological polar surface area (TPSA) is 75.3 Å². The predicted octanol–water partition coefficient (Wildman–Crippen LogP) is 5.59. The molecular formula is C21H25FN2O3S3. The molecule has 2 aromatic carbocycles. The number of nitrogens with one attached hydrogen (secondary N) is 2. The highest BCUT2D eigenvalue weighted by atomic mass is 33.1. The third kappa shape index (κ3) is 6.39. The number of anilines is 2. The number of benzene rings is 2. The summed E-state index contributed by atoms with van der Waals surface area (Å²) in [7, 11) is -0.144. The van der Waals surface area contributed by atoms with Gasteiger partial charge in [0.25, 0.3) is 10.0 Å². The highest BCUT2D eigenvalue weighted by molar-refractivity contribution is 8.77. The number of carbonyl (C=O) groups excluding carboxylic acids is 1. The molecule has 9 heteroatoms. The zero-order valence-electron chi connectivity index (χ0n) is 16.7. The zero-order valence-corrected chi connectivity index (χ0v) is 19.1. The van der Waals surface area contributed by atoms with E-state index in [4.69, 9.17) is 0 Å². The first-order chi connectivity index (χ1) is 14.3. The van der Waals surface area contributed by atoms with Gasteiger partial charge in [0.15, 0.2) is 0 Å². The molecule has 1 unspecified atom stereocenters. The summed E-state index contributed by atoms with van der Waals surface area (Å²) in [6.07, 6.45) is 4.57. The Balaban J connectivity index is 1.60. The van der Waals surface area contributed by atoms with Gasteiger partial charge in [-0.25, -0.2) is 12.8 Å². The molecule has 1 aliphatic heterocycles. The van der Waals surface area contributed by atoms with Gasteiger partial charge in [-0.05, 0) is 56.0 Å². The van der Waals surface area contributed by atoms with Crippen molar-refractivity contribution in [2.45, 2.75) is 49.2 Å². The first-order valence-electron chi connectivity index (χ1n) is 9.81. The van der Waals surface area contributed by atoms with Crippen LogP contribution in [0.3, 0.4) is 0 Å². The maximum Gasteiger partial charge on any atom is 0.262 e. The molecule has 1 heterocycles. The Morgan fingerprint density at radius 2 is 2.00 bits per heavy atom. The number of aryl methyl sites for hydroxylation is 1. The van der Waals surface area contributed by atoms with Crippen LogP contribution in [0.1, 0.15) is 37.7 Å². The van der Waals surface area contributed by atoms with E-state index in [2.05, 4.69) is 10.0 Å². The molecule has 0 bridgehead atoms. The Morgan fingerprint density at radius 3 is 2.73 bits per heavy atom. The average molecular weight is 469 g/mol. The van der Waals surface area contributed by atoms with Crippen molar-refractivity contribution in [2.75, 3.05) is 15.8 Å². The van der Waals surface area contributed by atoms with Gasteiger partial charge in [0.05, 0.1) is 10.6 Å². The molecular weight excluding hydrogens is 443 g/mol. The summed E-state index contributed by atoms with van der Waals surface area (Å²) >= 11 is 0. The van der Waals surface area contributed by atoms with Gasteiger partial charge in [0, 0.05) is 23.1 Å². The molecule has 0 radical (unpaired) electrons. The lowest BCUT2D eigenvalue weighted by molar-refractivity contribution is -0.116. The third-order valence-electron chi connectivity index (χ3n) is 4.79. The Kier molecular flexibility index (Phi) is 8.07. The fraction of sp³-hybridized carbons (Fsp3) is 0.381. The Morgan fingerprint density at radius 1 is 1.20 bits per heavy atom. The van der Waals surface area contributed by atoms with Crippen LogP contribution in [0.25, 0.3) is 0 Å². The van der Waals surface area contributed by atoms with Crippen LogP contribution in [-0.4, -0.2) is 25.3 Å². The van der Waals surface area contributed by atoms with E-state index in [0.717, 1.165) is 19.3 Å². The molecule has 3 rings (SSSR count). The summed E-state index contributed by atoms with van der Waals surface area (Å²) < 4.78 is 41.6. The molecule has 0 saturated carbocycles. The highest BCUT2D eigenvalue weighted by Crippen LogP contribution is 2.39. The van der Waals surface area contributed by atoms with Gasteiger partial charge in [-0.3, -0.25) is 9.52 Å². The molecule has 2 N–H and O–H groups in total. The predicted molar refractivity (Wildman–Crippen MR) is 124 cm³/mol. The Hall–Kier alpha value is -1.71. The molecule has 2 aromatic rings. The van der Waals surface area contributed by atoms with Crippen molar-refractivity contribution in [1.82, 2.24) is 0 Å². The number of para-hydroxylation sites is 1. The lowest BCUT2D eigenvalue weighted by Crippen LogP contribution is -2.16. The maximum atomic E-state index is 13.8. The number of hydrogen-bond donors (Lipinski definition) is 2. The van der Waals surface area contributed by atoms with E-state index in [1.807, 2.05) is 21.6 Å². The molecule has 1 aliphatic rings. The fourth-order valence-electron chi connectivity index (χ4n) is 3.16. The van der Waals surface area contributed by atoms with E-state index in [-0.39, 0.29) is 16.5 Å². The summed E-state index contributed by atoms with van der Waals surface area (Å²) in [4.78, 5) is 12.3. The van der Waals surface area contributed by atoms with Crippen molar-refractivity contribution in [3.63, 3.8) is 0 Å². The van der Waals surface area contributed by atoms with Crippen LogP contribution in [0.5, 0.6) is 0 Å². The zero-order chi connectivity index (χ0) is 21.6. The minimum absolute atomic E-state index is 0.000638. The lowest BCUT2D eigenvalue weighted by Gasteiger charge is -2.13. The van der Waals surface area contributed by atoms with Crippen LogP contribution in [0.4, 0.5) is 15.8 Å². The largest absolute Gasteiger partial charge is 0.326 e. The number of carbonyl (C=O) groups is 1. The summed E-state index contributed by atoms with van der Waals surface area (Å²) in [6, 6.07) is 10.3. The van der Waals surface area contributed by atoms with Crippen LogP contribution in [0.2, 0.25) is 0 Å². The molecule has 1 saturated heterocycles. The smallest absolute Gasteiger partial charge is 0.262 e. The van der Waals surface area contributed by atoms with Crippen molar-refractivity contribution in [2.24, 2.45) is 0 Å². The highest BCUT2D eigenvalue weighted by Gasteiger charge is 2.20. The second kappa shape index (κ2) is 10.5. The normalized spacial score (nSPS) is 16.4. The Bertz CT molecular complexity index is 993. The first-order valence-corrected chi connectivity index (χ1v) is 13.7. The third-order valence-corrected chi connectivity index (χ3v) is 9.30. The lowest BCUT2D eigenvalue weighted by atomic mass is 10.1. The van der Waals surface area contributed by atoms with E-state index in [9.17, 15) is 17.6 Å². The van der Waals surface area contributed by atoms with E-state index in [1.165, 1.54) is 36.4 Å². The second-order valence-electron chi connectivity index (χ2n) is 7.19. The van der Waals surface area contributed by atoms with Crippen LogP contribution < -0.4 is 10.0 Å². The van der Waals surface area contributed by atoms with E-state index in [0.29, 0.717) is 22.9 Å². The number of rotatable bonds is 9. The van der Waals surface area contributed by atoms with Gasteiger partial charge in [-0.1, -0.05) is 46.2 Å². The van der Waals surface area contributed by atoms with Crippen molar-refractivity contribution in [3.05, 3.63) is 53.8 Å². The number of hydrogen-bond acceptors (Lipinski definition) is 5. The van der Waals surface area contributed by atoms with Crippen LogP contribution in [0, 0.1) is 12.7 Å². The number of unbranched alkanes of at least 4 members (excludes halogenated alkanes) is 1. The fourth-order valence-corrected chi connectivity index (χ4v) is 7.52. The van der Waals surface area contributed by atoms with Crippen molar-refractivity contribution in [3.8, 4) is 0 Å². The monoisotopic (exact) mass is 468 g/mol. The maximum absolute atomic E-state index is 13.8. The number of halogens is 1. The van der Waals surface area contributed by atoms with Gasteiger partial charge in [-0.2, -0.15) is 0 Å². The van der Waals surface area contributed by atoms with Gasteiger partial charge in [0.2, 0.25) is 5.91 Å². The van der Waals surface area contributed by atoms with Gasteiger partial charge in [0.1, 0.15) is 5.82 Å². The Labute approximate surface area is 185 Å². The summed E-state index contributed by atoms with van der Waals surface area (Å²) in [5.74, 6) is 0.413. The summed E-state index contributed by atoms with van der Waals surface area (Å²) in [5.41, 5.74) is 0.788. The first kappa shape index (κ1) is 23.0. The number of sulfonamides is 1. The molecule has 0 aliphatic carbocycles. The quantitative estimate of drug-likeness (QED) is 0.371. The minimum Gasteiger partial charge on any atom is -0.326 e. The van der Waals surface area contributed by atoms with Crippen LogP contribution in [-0.2, 0) is 14.8 Å². The van der Waals surface area contributed by atoms with Crippen molar-refractivity contribution < 1.29 is 17.6 Å². The molecule has 0 aromatic heterocycles. The van der Waals surface area contributed by atoms with Gasteiger partial charge >= 0.3 is 0 Å². The summed E-state index contributed by atoms with van der Waals surface area (Å²) in [5, 5.41) is 3.47. The van der Waals surface area contributed by atoms with Crippen molar-refractivity contribution in [1.29, 1.82) is 0 Å². The van der Waals surface area contributed by atoms with E-state index >= 15 is 0 Å². The molecule has 0 spiro atoms. The van der Waals surface area contributed by atoms with Crippen LogP contribution >= 0.6 is 21.6 Å². The minimum atomic E-state index is -4.00. The van der Waals surface area contributed by atoms with Crippen LogP contribution in [0.15, 0.2) is 47.4 Å².